The summed E-state index contributed by atoms with van der Waals surface area (Å²) in [6.45, 7) is 3.80. The van der Waals surface area contributed by atoms with Gasteiger partial charge in [0, 0.05) is 6.42 Å². The molecule has 0 saturated carbocycles. The molecule has 1 aromatic heterocycles. The molecule has 1 atom stereocenters. The van der Waals surface area contributed by atoms with Gasteiger partial charge in [0.1, 0.15) is 10.8 Å². The molecule has 6 heteroatoms. The topological polar surface area (TPSA) is 64.1 Å². The largest absolute Gasteiger partial charge is 0.481 e. The van der Waals surface area contributed by atoms with Crippen molar-refractivity contribution in [3.05, 3.63) is 59.6 Å². The van der Waals surface area contributed by atoms with Crippen LogP contribution in [0.5, 0.6) is 5.75 Å². The van der Waals surface area contributed by atoms with Gasteiger partial charge >= 0.3 is 0 Å². The molecule has 1 N–H and O–H groups in total. The van der Waals surface area contributed by atoms with Crippen molar-refractivity contribution in [3.8, 4) is 16.9 Å². The van der Waals surface area contributed by atoms with E-state index in [1.54, 1.807) is 6.92 Å². The quantitative estimate of drug-likeness (QED) is 0.665. The number of nitrogens with one attached hydrogen (secondary N) is 1. The number of carbonyl (C=O) groups excluding carboxylic acids is 1. The Morgan fingerprint density at radius 1 is 1.08 bits per heavy atom. The third-order valence-electron chi connectivity index (χ3n) is 3.80. The Morgan fingerprint density at radius 3 is 2.46 bits per heavy atom. The van der Waals surface area contributed by atoms with Crippen LogP contribution in [0.25, 0.3) is 11.1 Å². The Labute approximate surface area is 157 Å². The lowest BCUT2D eigenvalue weighted by molar-refractivity contribution is -0.122. The minimum Gasteiger partial charge on any atom is -0.481 e. The number of hydrogen-bond donors (Lipinski definition) is 1. The zero-order chi connectivity index (χ0) is 18.4. The van der Waals surface area contributed by atoms with Crippen LogP contribution in [0.2, 0.25) is 0 Å². The number of benzene rings is 2. The average Bonchev–Trinajstić information content (AvgIpc) is 3.10. The lowest BCUT2D eigenvalue weighted by Crippen LogP contribution is -2.30. The fraction of sp³-hybridized carbons (Fsp3) is 0.250. The number of ether oxygens (including phenoxy) is 1. The number of hydrogen-bond acceptors (Lipinski definition) is 5. The van der Waals surface area contributed by atoms with Gasteiger partial charge in [-0.3, -0.25) is 10.1 Å². The molecule has 0 saturated heterocycles. The van der Waals surface area contributed by atoms with Crippen LogP contribution in [-0.4, -0.2) is 22.2 Å². The molecule has 3 aromatic rings. The normalized spacial score (nSPS) is 11.8. The number of nitrogens with zero attached hydrogens (tertiary/aromatic N) is 2. The molecule has 0 aliphatic carbocycles. The minimum atomic E-state index is -0.629. The maximum atomic E-state index is 12.3. The van der Waals surface area contributed by atoms with Crippen LogP contribution in [0.3, 0.4) is 0 Å². The molecule has 1 unspecified atom stereocenters. The lowest BCUT2D eigenvalue weighted by Gasteiger charge is -2.14. The first kappa shape index (κ1) is 18.1. The van der Waals surface area contributed by atoms with E-state index in [0.717, 1.165) is 29.0 Å². The summed E-state index contributed by atoms with van der Waals surface area (Å²) in [5.74, 6) is 0.410. The molecule has 0 aliphatic heterocycles. The Morgan fingerprint density at radius 2 is 1.77 bits per heavy atom. The van der Waals surface area contributed by atoms with Gasteiger partial charge in [-0.15, -0.1) is 10.2 Å². The van der Waals surface area contributed by atoms with Crippen LogP contribution in [0.1, 0.15) is 25.3 Å². The van der Waals surface area contributed by atoms with E-state index in [9.17, 15) is 4.79 Å². The number of amides is 1. The van der Waals surface area contributed by atoms with E-state index < -0.39 is 6.10 Å². The summed E-state index contributed by atoms with van der Waals surface area (Å²) in [5, 5.41) is 12.2. The summed E-state index contributed by atoms with van der Waals surface area (Å²) in [6, 6.07) is 17.8. The zero-order valence-corrected chi connectivity index (χ0v) is 15.6. The molecule has 1 amide bonds. The molecule has 0 fully saturated rings. The number of rotatable bonds is 7. The summed E-state index contributed by atoms with van der Waals surface area (Å²) in [7, 11) is 0. The summed E-state index contributed by atoms with van der Waals surface area (Å²) in [6.07, 6.45) is 1.24. The van der Waals surface area contributed by atoms with Crippen LogP contribution in [0.15, 0.2) is 54.6 Å². The number of carbonyl (C=O) groups is 1. The Bertz CT molecular complexity index is 847. The second-order valence-electron chi connectivity index (χ2n) is 5.89. The van der Waals surface area contributed by atoms with Gasteiger partial charge in [0.15, 0.2) is 6.10 Å². The molecular weight excluding hydrogens is 346 g/mol. The monoisotopic (exact) mass is 367 g/mol. The van der Waals surface area contributed by atoms with E-state index in [1.807, 2.05) is 42.5 Å². The van der Waals surface area contributed by atoms with Crippen molar-refractivity contribution in [2.24, 2.45) is 0 Å². The first-order valence-corrected chi connectivity index (χ1v) is 9.42. The molecule has 0 bridgehead atoms. The van der Waals surface area contributed by atoms with Crippen molar-refractivity contribution in [1.29, 1.82) is 0 Å². The standard InChI is InChI=1S/C20H21N3O2S/c1-3-7-18-22-23-20(26-18)21-19(24)14(2)25-17-12-10-16(11-13-17)15-8-5-4-6-9-15/h4-6,8-14H,3,7H2,1-2H3,(H,21,23,24). The molecule has 2 aromatic carbocycles. The molecule has 5 nitrogen and oxygen atoms in total. The maximum Gasteiger partial charge on any atom is 0.266 e. The van der Waals surface area contributed by atoms with E-state index in [-0.39, 0.29) is 5.91 Å². The molecule has 3 rings (SSSR count). The van der Waals surface area contributed by atoms with E-state index in [4.69, 9.17) is 4.74 Å². The lowest BCUT2D eigenvalue weighted by atomic mass is 10.1. The maximum absolute atomic E-state index is 12.3. The van der Waals surface area contributed by atoms with Gasteiger partial charge < -0.3 is 4.74 Å². The highest BCUT2D eigenvalue weighted by atomic mass is 32.1. The van der Waals surface area contributed by atoms with Crippen molar-refractivity contribution in [2.45, 2.75) is 32.8 Å². The third kappa shape index (κ3) is 4.67. The van der Waals surface area contributed by atoms with Gasteiger partial charge in [-0.2, -0.15) is 0 Å². The molecule has 1 heterocycles. The Kier molecular flexibility index (Phi) is 5.96. The van der Waals surface area contributed by atoms with Gasteiger partial charge in [0.2, 0.25) is 5.13 Å². The van der Waals surface area contributed by atoms with Gasteiger partial charge in [-0.1, -0.05) is 60.7 Å². The predicted octanol–water partition coefficient (Wildman–Crippen LogP) is 4.56. The van der Waals surface area contributed by atoms with E-state index >= 15 is 0 Å². The fourth-order valence-electron chi connectivity index (χ4n) is 2.44. The van der Waals surface area contributed by atoms with Crippen LogP contribution >= 0.6 is 11.3 Å². The molecule has 26 heavy (non-hydrogen) atoms. The van der Waals surface area contributed by atoms with Crippen LogP contribution in [0, 0.1) is 0 Å². The van der Waals surface area contributed by atoms with Crippen LogP contribution in [0.4, 0.5) is 5.13 Å². The first-order chi connectivity index (χ1) is 12.7. The first-order valence-electron chi connectivity index (χ1n) is 8.61. The van der Waals surface area contributed by atoms with Crippen LogP contribution in [-0.2, 0) is 11.2 Å². The second-order valence-corrected chi connectivity index (χ2v) is 6.95. The third-order valence-corrected chi connectivity index (χ3v) is 4.70. The predicted molar refractivity (Wildman–Crippen MR) is 105 cm³/mol. The van der Waals surface area contributed by atoms with E-state index in [2.05, 4.69) is 34.6 Å². The summed E-state index contributed by atoms with van der Waals surface area (Å²) >= 11 is 1.40. The van der Waals surface area contributed by atoms with Crippen LogP contribution < -0.4 is 10.1 Å². The smallest absolute Gasteiger partial charge is 0.266 e. The summed E-state index contributed by atoms with van der Waals surface area (Å²) in [4.78, 5) is 12.3. The highest BCUT2D eigenvalue weighted by Gasteiger charge is 2.17. The second kappa shape index (κ2) is 8.58. The van der Waals surface area contributed by atoms with Crippen molar-refractivity contribution >= 4 is 22.4 Å². The van der Waals surface area contributed by atoms with Crippen molar-refractivity contribution in [3.63, 3.8) is 0 Å². The van der Waals surface area contributed by atoms with Gasteiger partial charge in [-0.25, -0.2) is 0 Å². The number of aromatic nitrogens is 2. The van der Waals surface area contributed by atoms with E-state index in [0.29, 0.717) is 10.9 Å². The van der Waals surface area contributed by atoms with Crippen molar-refractivity contribution < 1.29 is 9.53 Å². The number of aryl methyl sites for hydroxylation is 1. The molecule has 0 radical (unpaired) electrons. The van der Waals surface area contributed by atoms with Crippen molar-refractivity contribution in [1.82, 2.24) is 10.2 Å². The SMILES string of the molecule is CCCc1nnc(NC(=O)C(C)Oc2ccc(-c3ccccc3)cc2)s1. The number of anilines is 1. The highest BCUT2D eigenvalue weighted by Crippen LogP contribution is 2.23. The summed E-state index contributed by atoms with van der Waals surface area (Å²) in [5.41, 5.74) is 2.25. The van der Waals surface area contributed by atoms with Gasteiger partial charge in [-0.05, 0) is 36.6 Å². The van der Waals surface area contributed by atoms with Crippen molar-refractivity contribution in [2.75, 3.05) is 5.32 Å². The molecule has 0 spiro atoms. The van der Waals surface area contributed by atoms with Gasteiger partial charge in [0.05, 0.1) is 0 Å². The zero-order valence-electron chi connectivity index (χ0n) is 14.8. The molecule has 0 aliphatic rings. The van der Waals surface area contributed by atoms with Gasteiger partial charge in [0.25, 0.3) is 5.91 Å². The minimum absolute atomic E-state index is 0.240. The average molecular weight is 367 g/mol. The Hall–Kier alpha value is -2.73. The highest BCUT2D eigenvalue weighted by molar-refractivity contribution is 7.15. The fourth-order valence-corrected chi connectivity index (χ4v) is 3.28. The molecule has 134 valence electrons. The molecular formula is C20H21N3O2S. The Balaban J connectivity index is 1.58. The van der Waals surface area contributed by atoms with E-state index in [1.165, 1.54) is 11.3 Å². The summed E-state index contributed by atoms with van der Waals surface area (Å²) < 4.78 is 5.74.